The minimum atomic E-state index is -0.165. The second-order valence-electron chi connectivity index (χ2n) is 4.38. The first-order valence-electron chi connectivity index (χ1n) is 5.83. The molecule has 1 aromatic rings. The van der Waals surface area contributed by atoms with Crippen molar-refractivity contribution in [2.24, 2.45) is 0 Å². The number of rotatable bonds is 5. The molecule has 1 heterocycles. The highest BCUT2D eigenvalue weighted by Gasteiger charge is 2.34. The summed E-state index contributed by atoms with van der Waals surface area (Å²) in [6.07, 6.45) is 0.943. The summed E-state index contributed by atoms with van der Waals surface area (Å²) in [6.45, 7) is 2.99. The molecule has 1 fully saturated rings. The SMILES string of the molecule is COC1(CNCc2ccccc2Cl)CCOC1. The van der Waals surface area contributed by atoms with Gasteiger partial charge in [-0.15, -0.1) is 0 Å². The molecule has 1 atom stereocenters. The number of benzene rings is 1. The van der Waals surface area contributed by atoms with Crippen LogP contribution in [0.25, 0.3) is 0 Å². The average molecular weight is 256 g/mol. The molecule has 0 aliphatic carbocycles. The Labute approximate surface area is 107 Å². The van der Waals surface area contributed by atoms with Crippen LogP contribution in [-0.4, -0.2) is 32.5 Å². The number of nitrogens with one attached hydrogen (secondary N) is 1. The van der Waals surface area contributed by atoms with Crippen LogP contribution in [0.1, 0.15) is 12.0 Å². The number of methoxy groups -OCH3 is 1. The quantitative estimate of drug-likeness (QED) is 0.875. The molecule has 0 bridgehead atoms. The third-order valence-corrected chi connectivity index (χ3v) is 3.59. The molecule has 17 heavy (non-hydrogen) atoms. The molecule has 4 heteroatoms. The maximum absolute atomic E-state index is 6.09. The molecule has 1 N–H and O–H groups in total. The summed E-state index contributed by atoms with van der Waals surface area (Å²) in [4.78, 5) is 0. The first-order valence-corrected chi connectivity index (χ1v) is 6.21. The van der Waals surface area contributed by atoms with Gasteiger partial charge in [0.25, 0.3) is 0 Å². The lowest BCUT2D eigenvalue weighted by Crippen LogP contribution is -2.42. The van der Waals surface area contributed by atoms with Gasteiger partial charge < -0.3 is 14.8 Å². The summed E-state index contributed by atoms with van der Waals surface area (Å²) in [7, 11) is 1.74. The zero-order valence-corrected chi connectivity index (χ0v) is 10.8. The zero-order chi connectivity index (χ0) is 12.1. The summed E-state index contributed by atoms with van der Waals surface area (Å²) in [5, 5.41) is 4.19. The Balaban J connectivity index is 1.85. The standard InChI is InChI=1S/C13H18ClNO2/c1-16-13(6-7-17-10-13)9-15-8-11-4-2-3-5-12(11)14/h2-5,15H,6-10H2,1H3. The highest BCUT2D eigenvalue weighted by Crippen LogP contribution is 2.22. The zero-order valence-electron chi connectivity index (χ0n) is 10.0. The van der Waals surface area contributed by atoms with E-state index in [-0.39, 0.29) is 5.60 Å². The van der Waals surface area contributed by atoms with Crippen LogP contribution in [-0.2, 0) is 16.0 Å². The Morgan fingerprint density at radius 3 is 2.94 bits per heavy atom. The smallest absolute Gasteiger partial charge is 0.106 e. The van der Waals surface area contributed by atoms with E-state index < -0.39 is 0 Å². The van der Waals surface area contributed by atoms with Gasteiger partial charge in [-0.25, -0.2) is 0 Å². The van der Waals surface area contributed by atoms with Crippen LogP contribution in [0.4, 0.5) is 0 Å². The molecule has 0 amide bonds. The molecular weight excluding hydrogens is 238 g/mol. The van der Waals surface area contributed by atoms with Crippen molar-refractivity contribution in [3.63, 3.8) is 0 Å². The van der Waals surface area contributed by atoms with Gasteiger partial charge in [0.2, 0.25) is 0 Å². The van der Waals surface area contributed by atoms with E-state index in [4.69, 9.17) is 21.1 Å². The Hall–Kier alpha value is -0.610. The average Bonchev–Trinajstić information content (AvgIpc) is 2.81. The molecular formula is C13H18ClNO2. The first kappa shape index (κ1) is 12.8. The van der Waals surface area contributed by atoms with E-state index in [2.05, 4.69) is 5.32 Å². The molecule has 3 nitrogen and oxygen atoms in total. The predicted octanol–water partition coefficient (Wildman–Crippen LogP) is 2.24. The molecule has 1 saturated heterocycles. The largest absolute Gasteiger partial charge is 0.378 e. The summed E-state index contributed by atoms with van der Waals surface area (Å²) in [5.41, 5.74) is 0.945. The van der Waals surface area contributed by atoms with Crippen LogP contribution in [0.15, 0.2) is 24.3 Å². The molecule has 1 aromatic carbocycles. The molecule has 1 aliphatic rings. The van der Waals surface area contributed by atoms with Crippen molar-refractivity contribution in [2.45, 2.75) is 18.6 Å². The molecule has 1 unspecified atom stereocenters. The van der Waals surface area contributed by atoms with Crippen LogP contribution in [0.5, 0.6) is 0 Å². The first-order chi connectivity index (χ1) is 8.26. The van der Waals surface area contributed by atoms with E-state index >= 15 is 0 Å². The molecule has 0 saturated carbocycles. The topological polar surface area (TPSA) is 30.5 Å². The van der Waals surface area contributed by atoms with Gasteiger partial charge in [-0.3, -0.25) is 0 Å². The fourth-order valence-corrected chi connectivity index (χ4v) is 2.23. The van der Waals surface area contributed by atoms with Crippen molar-refractivity contribution in [3.05, 3.63) is 34.9 Å². The predicted molar refractivity (Wildman–Crippen MR) is 68.3 cm³/mol. The highest BCUT2D eigenvalue weighted by molar-refractivity contribution is 6.31. The lowest BCUT2D eigenvalue weighted by molar-refractivity contribution is -0.0159. The monoisotopic (exact) mass is 255 g/mol. The highest BCUT2D eigenvalue weighted by atomic mass is 35.5. The lowest BCUT2D eigenvalue weighted by atomic mass is 10.0. The lowest BCUT2D eigenvalue weighted by Gasteiger charge is -2.26. The Bertz CT molecular complexity index is 364. The van der Waals surface area contributed by atoms with Crippen molar-refractivity contribution < 1.29 is 9.47 Å². The summed E-state index contributed by atoms with van der Waals surface area (Å²) < 4.78 is 10.9. The number of hydrogen-bond acceptors (Lipinski definition) is 3. The maximum atomic E-state index is 6.09. The second kappa shape index (κ2) is 5.83. The Morgan fingerprint density at radius 1 is 1.47 bits per heavy atom. The van der Waals surface area contributed by atoms with Crippen LogP contribution in [0, 0.1) is 0 Å². The number of hydrogen-bond donors (Lipinski definition) is 1. The summed E-state index contributed by atoms with van der Waals surface area (Å²) in [6, 6.07) is 7.87. The third-order valence-electron chi connectivity index (χ3n) is 3.22. The van der Waals surface area contributed by atoms with Crippen molar-refractivity contribution in [3.8, 4) is 0 Å². The van der Waals surface area contributed by atoms with E-state index in [1.807, 2.05) is 24.3 Å². The second-order valence-corrected chi connectivity index (χ2v) is 4.79. The van der Waals surface area contributed by atoms with E-state index in [1.165, 1.54) is 0 Å². The Morgan fingerprint density at radius 2 is 2.29 bits per heavy atom. The fourth-order valence-electron chi connectivity index (χ4n) is 2.03. The summed E-state index contributed by atoms with van der Waals surface area (Å²) >= 11 is 6.09. The van der Waals surface area contributed by atoms with E-state index in [0.717, 1.165) is 36.7 Å². The third kappa shape index (κ3) is 3.19. The van der Waals surface area contributed by atoms with Crippen LogP contribution >= 0.6 is 11.6 Å². The molecule has 0 radical (unpaired) electrons. The van der Waals surface area contributed by atoms with Crippen LogP contribution < -0.4 is 5.32 Å². The minimum Gasteiger partial charge on any atom is -0.378 e. The molecule has 0 aromatic heterocycles. The van der Waals surface area contributed by atoms with Crippen LogP contribution in [0.3, 0.4) is 0 Å². The van der Waals surface area contributed by atoms with Gasteiger partial charge >= 0.3 is 0 Å². The van der Waals surface area contributed by atoms with Crippen molar-refractivity contribution in [1.82, 2.24) is 5.32 Å². The van der Waals surface area contributed by atoms with Crippen molar-refractivity contribution >= 4 is 11.6 Å². The van der Waals surface area contributed by atoms with E-state index in [9.17, 15) is 0 Å². The van der Waals surface area contributed by atoms with Crippen molar-refractivity contribution in [1.29, 1.82) is 0 Å². The van der Waals surface area contributed by atoms with Gasteiger partial charge in [0.15, 0.2) is 0 Å². The van der Waals surface area contributed by atoms with Gasteiger partial charge in [-0.1, -0.05) is 29.8 Å². The van der Waals surface area contributed by atoms with E-state index in [0.29, 0.717) is 6.61 Å². The van der Waals surface area contributed by atoms with Gasteiger partial charge in [0.05, 0.1) is 6.61 Å². The maximum Gasteiger partial charge on any atom is 0.106 e. The number of halogens is 1. The Kier molecular flexibility index (Phi) is 4.40. The molecule has 0 spiro atoms. The summed E-state index contributed by atoms with van der Waals surface area (Å²) in [5.74, 6) is 0. The van der Waals surface area contributed by atoms with Gasteiger partial charge in [0, 0.05) is 38.2 Å². The van der Waals surface area contributed by atoms with Gasteiger partial charge in [-0.2, -0.15) is 0 Å². The van der Waals surface area contributed by atoms with Crippen molar-refractivity contribution in [2.75, 3.05) is 26.9 Å². The van der Waals surface area contributed by atoms with Gasteiger partial charge in [-0.05, 0) is 11.6 Å². The minimum absolute atomic E-state index is 0.165. The van der Waals surface area contributed by atoms with E-state index in [1.54, 1.807) is 7.11 Å². The fraction of sp³-hybridized carbons (Fsp3) is 0.538. The number of ether oxygens (including phenoxy) is 2. The molecule has 1 aliphatic heterocycles. The van der Waals surface area contributed by atoms with Gasteiger partial charge in [0.1, 0.15) is 5.60 Å². The molecule has 94 valence electrons. The normalized spacial score (nSPS) is 24.1. The van der Waals surface area contributed by atoms with Crippen LogP contribution in [0.2, 0.25) is 5.02 Å². The molecule has 2 rings (SSSR count).